The maximum absolute atomic E-state index is 12.8. The zero-order valence-electron chi connectivity index (χ0n) is 20.1. The number of carbonyl (C=O) groups is 2. The number of amides is 1. The van der Waals surface area contributed by atoms with Crippen LogP contribution < -0.4 is 5.32 Å². The molecule has 2 N–H and O–H groups in total. The van der Waals surface area contributed by atoms with Crippen LogP contribution in [0, 0.1) is 0 Å². The van der Waals surface area contributed by atoms with Crippen LogP contribution in [-0.4, -0.2) is 27.2 Å². The smallest absolute Gasteiger partial charge is 0.335 e. The molecule has 0 bridgehead atoms. The Labute approximate surface area is 206 Å². The zero-order chi connectivity index (χ0) is 24.7. The molecule has 6 nitrogen and oxygen atoms in total. The van der Waals surface area contributed by atoms with Gasteiger partial charge in [0.15, 0.2) is 5.60 Å². The third kappa shape index (κ3) is 6.08. The standard InChI is InChI=1S/C29H32N2O4/c1-2-22-9-6-13-25(20-22)30-27(32)26-14-8-18-31(26)17-7-12-23-10-5-11-24(19-23)21-35-29(28(33)34)15-3-4-16-29/h5-14,18-20H,2-4,15-17,21H2,1H3,(H,30,32)(H,33,34). The number of allylic oxidation sites excluding steroid dienone is 1. The lowest BCUT2D eigenvalue weighted by atomic mass is 10.0. The van der Waals surface area contributed by atoms with Gasteiger partial charge in [-0.15, -0.1) is 0 Å². The Morgan fingerprint density at radius 2 is 1.83 bits per heavy atom. The normalized spacial score (nSPS) is 14.9. The lowest BCUT2D eigenvalue weighted by Gasteiger charge is -2.24. The van der Waals surface area contributed by atoms with Gasteiger partial charge in [0.2, 0.25) is 0 Å². The van der Waals surface area contributed by atoms with E-state index in [1.54, 1.807) is 0 Å². The molecule has 0 aliphatic heterocycles. The minimum absolute atomic E-state index is 0.143. The van der Waals surface area contributed by atoms with Crippen LogP contribution in [0.5, 0.6) is 0 Å². The van der Waals surface area contributed by atoms with E-state index in [4.69, 9.17) is 4.74 Å². The monoisotopic (exact) mass is 472 g/mol. The fourth-order valence-electron chi connectivity index (χ4n) is 4.52. The Morgan fingerprint density at radius 1 is 1.06 bits per heavy atom. The van der Waals surface area contributed by atoms with E-state index in [0.29, 0.717) is 25.1 Å². The highest BCUT2D eigenvalue weighted by molar-refractivity contribution is 6.03. The van der Waals surface area contributed by atoms with Crippen LogP contribution in [0.2, 0.25) is 0 Å². The summed E-state index contributed by atoms with van der Waals surface area (Å²) < 4.78 is 7.79. The first-order valence-corrected chi connectivity index (χ1v) is 12.2. The van der Waals surface area contributed by atoms with Crippen LogP contribution in [0.1, 0.15) is 59.8 Å². The molecule has 35 heavy (non-hydrogen) atoms. The fraction of sp³-hybridized carbons (Fsp3) is 0.310. The van der Waals surface area contributed by atoms with E-state index in [-0.39, 0.29) is 12.5 Å². The third-order valence-corrected chi connectivity index (χ3v) is 6.53. The molecule has 6 heteroatoms. The summed E-state index contributed by atoms with van der Waals surface area (Å²) >= 11 is 0. The van der Waals surface area contributed by atoms with Crippen molar-refractivity contribution in [1.82, 2.24) is 4.57 Å². The van der Waals surface area contributed by atoms with E-state index in [9.17, 15) is 14.7 Å². The third-order valence-electron chi connectivity index (χ3n) is 6.53. The summed E-state index contributed by atoms with van der Waals surface area (Å²) in [5.41, 5.74) is 3.45. The van der Waals surface area contributed by atoms with Gasteiger partial charge in [-0.2, -0.15) is 0 Å². The number of aromatic nitrogens is 1. The Bertz CT molecular complexity index is 1200. The number of rotatable bonds is 10. The quantitative estimate of drug-likeness (QED) is 0.383. The van der Waals surface area contributed by atoms with Gasteiger partial charge in [0.05, 0.1) is 6.61 Å². The molecule has 0 spiro atoms. The highest BCUT2D eigenvalue weighted by Crippen LogP contribution is 2.34. The summed E-state index contributed by atoms with van der Waals surface area (Å²) in [6.45, 7) is 2.91. The summed E-state index contributed by atoms with van der Waals surface area (Å²) in [5, 5.41) is 12.6. The molecule has 0 unspecified atom stereocenters. The first-order chi connectivity index (χ1) is 17.0. The predicted molar refractivity (Wildman–Crippen MR) is 137 cm³/mol. The molecule has 1 amide bonds. The molecule has 0 saturated heterocycles. The molecule has 1 aliphatic rings. The highest BCUT2D eigenvalue weighted by atomic mass is 16.5. The maximum Gasteiger partial charge on any atom is 0.335 e. The SMILES string of the molecule is CCc1cccc(NC(=O)c2cccn2CC=Cc2cccc(COC3(C(=O)O)CCCC3)c2)c1. The minimum Gasteiger partial charge on any atom is -0.479 e. The molecular formula is C29H32N2O4. The second kappa shape index (κ2) is 11.2. The summed E-state index contributed by atoms with van der Waals surface area (Å²) in [4.78, 5) is 24.5. The predicted octanol–water partition coefficient (Wildman–Crippen LogP) is 5.93. The molecule has 4 rings (SSSR count). The van der Waals surface area contributed by atoms with Crippen molar-refractivity contribution in [1.29, 1.82) is 0 Å². The summed E-state index contributed by atoms with van der Waals surface area (Å²) in [7, 11) is 0. The van der Waals surface area contributed by atoms with Crippen molar-refractivity contribution in [2.24, 2.45) is 0 Å². The van der Waals surface area contributed by atoms with Gasteiger partial charge < -0.3 is 19.7 Å². The molecule has 0 radical (unpaired) electrons. The highest BCUT2D eigenvalue weighted by Gasteiger charge is 2.42. The number of benzene rings is 2. The van der Waals surface area contributed by atoms with Crippen LogP contribution in [0.3, 0.4) is 0 Å². The van der Waals surface area contributed by atoms with Crippen molar-refractivity contribution in [3.63, 3.8) is 0 Å². The number of carboxylic acids is 1. The molecule has 182 valence electrons. The van der Waals surface area contributed by atoms with Gasteiger partial charge in [-0.05, 0) is 79.1 Å². The lowest BCUT2D eigenvalue weighted by Crippen LogP contribution is -2.38. The second-order valence-corrected chi connectivity index (χ2v) is 9.00. The Hall–Kier alpha value is -3.64. The van der Waals surface area contributed by atoms with Gasteiger partial charge in [0.25, 0.3) is 5.91 Å². The number of hydrogen-bond acceptors (Lipinski definition) is 3. The molecule has 0 atom stereocenters. The summed E-state index contributed by atoms with van der Waals surface area (Å²) in [5.74, 6) is -1.01. The van der Waals surface area contributed by atoms with E-state index in [1.165, 1.54) is 5.56 Å². The van der Waals surface area contributed by atoms with E-state index >= 15 is 0 Å². The fourth-order valence-corrected chi connectivity index (χ4v) is 4.52. The summed E-state index contributed by atoms with van der Waals surface area (Å²) in [6, 6.07) is 19.4. The Balaban J connectivity index is 1.36. The number of nitrogens with one attached hydrogen (secondary N) is 1. The Kier molecular flexibility index (Phi) is 7.83. The molecule has 1 aromatic heterocycles. The number of ether oxygens (including phenoxy) is 1. The number of nitrogens with zero attached hydrogens (tertiary/aromatic N) is 1. The van der Waals surface area contributed by atoms with Crippen molar-refractivity contribution < 1.29 is 19.4 Å². The molecular weight excluding hydrogens is 440 g/mol. The zero-order valence-corrected chi connectivity index (χ0v) is 20.1. The average Bonchev–Trinajstić information content (AvgIpc) is 3.54. The van der Waals surface area contributed by atoms with Crippen LogP contribution in [-0.2, 0) is 29.1 Å². The van der Waals surface area contributed by atoms with Crippen LogP contribution >= 0.6 is 0 Å². The van der Waals surface area contributed by atoms with Crippen molar-refractivity contribution in [3.8, 4) is 0 Å². The molecule has 1 fully saturated rings. The number of aliphatic carboxylic acids is 1. The largest absolute Gasteiger partial charge is 0.479 e. The minimum atomic E-state index is -1.05. The van der Waals surface area contributed by atoms with Crippen LogP contribution in [0.4, 0.5) is 5.69 Å². The van der Waals surface area contributed by atoms with Gasteiger partial charge in [0.1, 0.15) is 5.69 Å². The van der Waals surface area contributed by atoms with E-state index in [2.05, 4.69) is 12.2 Å². The number of carboxylic acid groups (broad SMARTS) is 1. The average molecular weight is 473 g/mol. The van der Waals surface area contributed by atoms with Crippen LogP contribution in [0.15, 0.2) is 72.9 Å². The number of hydrogen-bond donors (Lipinski definition) is 2. The van der Waals surface area contributed by atoms with Gasteiger partial charge in [-0.25, -0.2) is 4.79 Å². The maximum atomic E-state index is 12.8. The molecule has 1 saturated carbocycles. The topological polar surface area (TPSA) is 80.6 Å². The van der Waals surface area contributed by atoms with Crippen molar-refractivity contribution in [2.45, 2.75) is 57.8 Å². The Morgan fingerprint density at radius 3 is 2.60 bits per heavy atom. The van der Waals surface area contributed by atoms with Crippen molar-refractivity contribution in [3.05, 3.63) is 95.3 Å². The number of anilines is 1. The second-order valence-electron chi connectivity index (χ2n) is 9.00. The molecule has 2 aromatic carbocycles. The van der Waals surface area contributed by atoms with E-state index < -0.39 is 11.6 Å². The first-order valence-electron chi connectivity index (χ1n) is 12.2. The van der Waals surface area contributed by atoms with E-state index in [0.717, 1.165) is 36.1 Å². The van der Waals surface area contributed by atoms with Crippen LogP contribution in [0.25, 0.3) is 6.08 Å². The van der Waals surface area contributed by atoms with Gasteiger partial charge in [-0.3, -0.25) is 4.79 Å². The summed E-state index contributed by atoms with van der Waals surface area (Å²) in [6.07, 6.45) is 9.72. The molecule has 1 heterocycles. The van der Waals surface area contributed by atoms with Gasteiger partial charge in [-0.1, -0.05) is 49.4 Å². The van der Waals surface area contributed by atoms with Gasteiger partial charge in [0, 0.05) is 18.4 Å². The molecule has 1 aliphatic carbocycles. The first kappa shape index (κ1) is 24.5. The number of carbonyl (C=O) groups excluding carboxylic acids is 1. The van der Waals surface area contributed by atoms with Crippen molar-refractivity contribution >= 4 is 23.6 Å². The van der Waals surface area contributed by atoms with Gasteiger partial charge >= 0.3 is 5.97 Å². The molecule has 3 aromatic rings. The van der Waals surface area contributed by atoms with E-state index in [1.807, 2.05) is 83.6 Å². The van der Waals surface area contributed by atoms with Crippen molar-refractivity contribution in [2.75, 3.05) is 5.32 Å². The lowest BCUT2D eigenvalue weighted by molar-refractivity contribution is -0.167. The number of aryl methyl sites for hydroxylation is 1.